The number of hydrogen-bond donors (Lipinski definition) is 2. The van der Waals surface area contributed by atoms with Gasteiger partial charge in [0.2, 0.25) is 17.7 Å². The lowest BCUT2D eigenvalue weighted by Gasteiger charge is -2.08. The molecule has 1 heterocycles. The molecule has 1 rings (SSSR count). The van der Waals surface area contributed by atoms with Gasteiger partial charge in [-0.05, 0) is 6.92 Å². The average Bonchev–Trinajstić information content (AvgIpc) is 2.47. The lowest BCUT2D eigenvalue weighted by molar-refractivity contribution is -0.118. The topological polar surface area (TPSA) is 94.0 Å². The molecule has 6 heteroatoms. The molecule has 0 fully saturated rings. The quantitative estimate of drug-likeness (QED) is 0.679. The van der Waals surface area contributed by atoms with Crippen LogP contribution in [0.15, 0.2) is 4.42 Å². The summed E-state index contributed by atoms with van der Waals surface area (Å²) < 4.78 is 5.14. The highest BCUT2D eigenvalue weighted by Crippen LogP contribution is 1.98. The number of nitrogens with zero attached hydrogens (tertiary/aromatic N) is 2. The molecule has 0 aliphatic heterocycles. The van der Waals surface area contributed by atoms with Crippen molar-refractivity contribution in [3.05, 3.63) is 11.8 Å². The summed E-state index contributed by atoms with van der Waals surface area (Å²) in [5.74, 6) is 0.717. The van der Waals surface area contributed by atoms with Gasteiger partial charge in [-0.25, -0.2) is 0 Å². The van der Waals surface area contributed by atoms with Gasteiger partial charge in [0.05, 0.1) is 6.54 Å². The normalized spacial score (nSPS) is 12.7. The van der Waals surface area contributed by atoms with Crippen molar-refractivity contribution >= 4 is 5.91 Å². The van der Waals surface area contributed by atoms with E-state index in [1.165, 1.54) is 0 Å². The van der Waals surface area contributed by atoms with E-state index in [1.807, 2.05) is 6.92 Å². The number of primary amides is 1. The second kappa shape index (κ2) is 4.71. The van der Waals surface area contributed by atoms with Crippen molar-refractivity contribution in [2.45, 2.75) is 32.9 Å². The van der Waals surface area contributed by atoms with Crippen molar-refractivity contribution in [3.8, 4) is 0 Å². The molecule has 3 N–H and O–H groups in total. The Bertz CT molecular complexity index is 310. The summed E-state index contributed by atoms with van der Waals surface area (Å²) in [5.41, 5.74) is 5.04. The Hall–Kier alpha value is -1.43. The molecule has 1 unspecified atom stereocenters. The summed E-state index contributed by atoms with van der Waals surface area (Å²) in [6.45, 7) is 4.05. The van der Waals surface area contributed by atoms with Crippen LogP contribution >= 0.6 is 0 Å². The van der Waals surface area contributed by atoms with E-state index in [0.29, 0.717) is 24.7 Å². The zero-order valence-electron chi connectivity index (χ0n) is 8.28. The van der Waals surface area contributed by atoms with Crippen molar-refractivity contribution in [2.75, 3.05) is 0 Å². The van der Waals surface area contributed by atoms with Crippen LogP contribution in [0.2, 0.25) is 0 Å². The molecule has 14 heavy (non-hydrogen) atoms. The highest BCUT2D eigenvalue weighted by atomic mass is 16.4. The van der Waals surface area contributed by atoms with Crippen molar-refractivity contribution in [3.63, 3.8) is 0 Å². The fourth-order valence-corrected chi connectivity index (χ4v) is 1.04. The summed E-state index contributed by atoms with van der Waals surface area (Å²) in [5, 5.41) is 10.5. The standard InChI is InChI=1S/C8H14N4O2/c1-5(3-7(9)13)10-4-8-12-11-6(2)14-8/h5,10H,3-4H2,1-2H3,(H2,9,13). The minimum Gasteiger partial charge on any atom is -0.424 e. The highest BCUT2D eigenvalue weighted by molar-refractivity contribution is 5.74. The van der Waals surface area contributed by atoms with Gasteiger partial charge in [-0.15, -0.1) is 10.2 Å². The molecule has 78 valence electrons. The van der Waals surface area contributed by atoms with E-state index in [-0.39, 0.29) is 11.9 Å². The Morgan fingerprint density at radius 3 is 2.86 bits per heavy atom. The van der Waals surface area contributed by atoms with Crippen LogP contribution in [-0.2, 0) is 11.3 Å². The van der Waals surface area contributed by atoms with Gasteiger partial charge in [-0.1, -0.05) is 0 Å². The van der Waals surface area contributed by atoms with E-state index in [4.69, 9.17) is 10.2 Å². The van der Waals surface area contributed by atoms with Crippen LogP contribution in [0.1, 0.15) is 25.1 Å². The van der Waals surface area contributed by atoms with Gasteiger partial charge in [-0.3, -0.25) is 4.79 Å². The zero-order valence-corrected chi connectivity index (χ0v) is 8.28. The predicted molar refractivity (Wildman–Crippen MR) is 49.1 cm³/mol. The molecular formula is C8H14N4O2. The van der Waals surface area contributed by atoms with E-state index in [2.05, 4.69) is 15.5 Å². The Morgan fingerprint density at radius 1 is 1.64 bits per heavy atom. The second-order valence-corrected chi connectivity index (χ2v) is 3.17. The Morgan fingerprint density at radius 2 is 2.36 bits per heavy atom. The van der Waals surface area contributed by atoms with Gasteiger partial charge in [0, 0.05) is 19.4 Å². The third-order valence-electron chi connectivity index (χ3n) is 1.68. The van der Waals surface area contributed by atoms with E-state index < -0.39 is 0 Å². The van der Waals surface area contributed by atoms with Crippen LogP contribution in [-0.4, -0.2) is 22.1 Å². The lowest BCUT2D eigenvalue weighted by atomic mass is 10.2. The molecule has 0 saturated heterocycles. The molecule has 1 atom stereocenters. The summed E-state index contributed by atoms with van der Waals surface area (Å²) in [6, 6.07) is 0.0136. The first-order chi connectivity index (χ1) is 6.58. The maximum absolute atomic E-state index is 10.6. The third-order valence-corrected chi connectivity index (χ3v) is 1.68. The Kier molecular flexibility index (Phi) is 3.58. The molecule has 1 amide bonds. The van der Waals surface area contributed by atoms with Crippen LogP contribution < -0.4 is 11.1 Å². The molecular weight excluding hydrogens is 184 g/mol. The van der Waals surface area contributed by atoms with Crippen molar-refractivity contribution in [1.82, 2.24) is 15.5 Å². The molecule has 0 spiro atoms. The van der Waals surface area contributed by atoms with Crippen LogP contribution in [0.25, 0.3) is 0 Å². The number of hydrogen-bond acceptors (Lipinski definition) is 5. The van der Waals surface area contributed by atoms with E-state index >= 15 is 0 Å². The number of nitrogens with one attached hydrogen (secondary N) is 1. The molecule has 0 aliphatic carbocycles. The van der Waals surface area contributed by atoms with E-state index in [0.717, 1.165) is 0 Å². The van der Waals surface area contributed by atoms with Crippen LogP contribution in [0.5, 0.6) is 0 Å². The average molecular weight is 198 g/mol. The summed E-state index contributed by atoms with van der Waals surface area (Å²) in [6.07, 6.45) is 0.299. The Balaban J connectivity index is 2.30. The van der Waals surface area contributed by atoms with Gasteiger partial charge in [-0.2, -0.15) is 0 Å². The molecule has 1 aromatic rings. The van der Waals surface area contributed by atoms with E-state index in [1.54, 1.807) is 6.92 Å². The van der Waals surface area contributed by atoms with Gasteiger partial charge in [0.1, 0.15) is 0 Å². The predicted octanol–water partition coefficient (Wildman–Crippen LogP) is -0.268. The van der Waals surface area contributed by atoms with E-state index in [9.17, 15) is 4.79 Å². The van der Waals surface area contributed by atoms with Crippen LogP contribution in [0.3, 0.4) is 0 Å². The number of aromatic nitrogens is 2. The van der Waals surface area contributed by atoms with Crippen LogP contribution in [0, 0.1) is 6.92 Å². The minimum absolute atomic E-state index is 0.0136. The van der Waals surface area contributed by atoms with Crippen LogP contribution in [0.4, 0.5) is 0 Å². The number of nitrogens with two attached hydrogens (primary N) is 1. The molecule has 0 aromatic carbocycles. The number of aryl methyl sites for hydroxylation is 1. The first-order valence-electron chi connectivity index (χ1n) is 4.38. The Labute approximate surface area is 81.9 Å². The smallest absolute Gasteiger partial charge is 0.230 e. The monoisotopic (exact) mass is 198 g/mol. The van der Waals surface area contributed by atoms with Crippen molar-refractivity contribution in [1.29, 1.82) is 0 Å². The second-order valence-electron chi connectivity index (χ2n) is 3.17. The largest absolute Gasteiger partial charge is 0.424 e. The number of amides is 1. The van der Waals surface area contributed by atoms with Crippen molar-refractivity contribution in [2.24, 2.45) is 5.73 Å². The minimum atomic E-state index is -0.327. The molecule has 1 aromatic heterocycles. The molecule has 0 saturated carbocycles. The zero-order chi connectivity index (χ0) is 10.6. The highest BCUT2D eigenvalue weighted by Gasteiger charge is 2.07. The summed E-state index contributed by atoms with van der Waals surface area (Å²) >= 11 is 0. The van der Waals surface area contributed by atoms with Gasteiger partial charge in [0.25, 0.3) is 0 Å². The first kappa shape index (κ1) is 10.6. The number of carbonyl (C=O) groups is 1. The number of carbonyl (C=O) groups excluding carboxylic acids is 1. The third kappa shape index (κ3) is 3.53. The van der Waals surface area contributed by atoms with Crippen molar-refractivity contribution < 1.29 is 9.21 Å². The molecule has 0 radical (unpaired) electrons. The van der Waals surface area contributed by atoms with Gasteiger partial charge >= 0.3 is 0 Å². The first-order valence-corrected chi connectivity index (χ1v) is 4.38. The van der Waals surface area contributed by atoms with Gasteiger partial charge < -0.3 is 15.5 Å². The van der Waals surface area contributed by atoms with Gasteiger partial charge in [0.15, 0.2) is 0 Å². The number of rotatable bonds is 5. The maximum Gasteiger partial charge on any atom is 0.230 e. The fraction of sp³-hybridized carbons (Fsp3) is 0.625. The molecule has 0 aliphatic rings. The maximum atomic E-state index is 10.6. The molecule has 6 nitrogen and oxygen atoms in total. The summed E-state index contributed by atoms with van der Waals surface area (Å²) in [4.78, 5) is 10.6. The molecule has 0 bridgehead atoms. The lowest BCUT2D eigenvalue weighted by Crippen LogP contribution is -2.30. The SMILES string of the molecule is Cc1nnc(CNC(C)CC(N)=O)o1. The fourth-order valence-electron chi connectivity index (χ4n) is 1.04. The summed E-state index contributed by atoms with van der Waals surface area (Å²) in [7, 11) is 0.